The number of nitrogens with one attached hydrogen (secondary N) is 2. The molecule has 2 N–H and O–H groups in total. The Bertz CT molecular complexity index is 927. The highest BCUT2D eigenvalue weighted by Gasteiger charge is 2.23. The lowest BCUT2D eigenvalue weighted by Crippen LogP contribution is -2.40. The Morgan fingerprint density at radius 2 is 1.94 bits per heavy atom. The molecule has 31 heavy (non-hydrogen) atoms. The summed E-state index contributed by atoms with van der Waals surface area (Å²) < 4.78 is 5.53. The Morgan fingerprint density at radius 3 is 2.61 bits per heavy atom. The Morgan fingerprint density at radius 1 is 1.16 bits per heavy atom. The van der Waals surface area contributed by atoms with Crippen molar-refractivity contribution in [2.24, 2.45) is 0 Å². The van der Waals surface area contributed by atoms with Crippen LogP contribution >= 0.6 is 0 Å². The van der Waals surface area contributed by atoms with E-state index in [9.17, 15) is 9.59 Å². The zero-order valence-corrected chi connectivity index (χ0v) is 18.4. The fraction of sp³-hybridized carbons (Fsp3) is 0.520. The number of carbonyl (C=O) groups is 1. The van der Waals surface area contributed by atoms with Gasteiger partial charge >= 0.3 is 5.63 Å². The number of amides is 1. The third-order valence-electron chi connectivity index (χ3n) is 6.67. The maximum Gasteiger partial charge on any atom is 0.349 e. The number of hydrogen-bond acceptors (Lipinski definition) is 5. The zero-order chi connectivity index (χ0) is 21.6. The first-order valence-corrected chi connectivity index (χ1v) is 11.5. The van der Waals surface area contributed by atoms with Crippen LogP contribution in [0, 0.1) is 6.92 Å². The summed E-state index contributed by atoms with van der Waals surface area (Å²) in [5.41, 5.74) is 1.72. The van der Waals surface area contributed by atoms with Crippen LogP contribution in [0.2, 0.25) is 0 Å². The van der Waals surface area contributed by atoms with Crippen molar-refractivity contribution in [3.8, 4) is 0 Å². The average molecular weight is 424 g/mol. The van der Waals surface area contributed by atoms with Crippen molar-refractivity contribution in [1.82, 2.24) is 15.5 Å². The van der Waals surface area contributed by atoms with E-state index < -0.39 is 5.63 Å². The van der Waals surface area contributed by atoms with Crippen LogP contribution in [0.5, 0.6) is 0 Å². The molecule has 2 aromatic rings. The van der Waals surface area contributed by atoms with Crippen LogP contribution < -0.4 is 16.3 Å². The molecule has 0 aliphatic carbocycles. The second-order valence-electron chi connectivity index (χ2n) is 8.82. The van der Waals surface area contributed by atoms with Crippen molar-refractivity contribution < 1.29 is 9.21 Å². The average Bonchev–Trinajstić information content (AvgIpc) is 2.80. The summed E-state index contributed by atoms with van der Waals surface area (Å²) >= 11 is 0. The van der Waals surface area contributed by atoms with E-state index in [2.05, 4.69) is 45.9 Å². The highest BCUT2D eigenvalue weighted by molar-refractivity contribution is 5.95. The molecule has 2 aliphatic heterocycles. The second kappa shape index (κ2) is 10.2. The van der Waals surface area contributed by atoms with Gasteiger partial charge in [-0.2, -0.15) is 0 Å². The summed E-state index contributed by atoms with van der Waals surface area (Å²) in [5.74, 6) is 1.18. The summed E-state index contributed by atoms with van der Waals surface area (Å²) in [5, 5.41) is 6.25. The van der Waals surface area contributed by atoms with Crippen LogP contribution in [0.3, 0.4) is 0 Å². The SMILES string of the molecule is Cc1cc(C2CCCNC2)oc(=O)c1C(=O)NCCN1CCC(c2ccccc2)CC1. The van der Waals surface area contributed by atoms with Crippen LogP contribution in [0.25, 0.3) is 0 Å². The maximum absolute atomic E-state index is 12.7. The molecule has 6 nitrogen and oxygen atoms in total. The minimum Gasteiger partial charge on any atom is -0.427 e. The van der Waals surface area contributed by atoms with Crippen molar-refractivity contribution in [3.63, 3.8) is 0 Å². The van der Waals surface area contributed by atoms with Gasteiger partial charge in [0.2, 0.25) is 0 Å². The number of piperidine rings is 2. The summed E-state index contributed by atoms with van der Waals surface area (Å²) in [6.45, 7) is 7.02. The van der Waals surface area contributed by atoms with E-state index in [0.717, 1.165) is 58.4 Å². The molecule has 1 amide bonds. The van der Waals surface area contributed by atoms with E-state index in [1.807, 2.05) is 13.0 Å². The fourth-order valence-corrected chi connectivity index (χ4v) is 4.83. The van der Waals surface area contributed by atoms with Crippen LogP contribution in [-0.4, -0.2) is 50.1 Å². The van der Waals surface area contributed by atoms with Crippen LogP contribution in [0.1, 0.15) is 64.8 Å². The highest BCUT2D eigenvalue weighted by Crippen LogP contribution is 2.27. The number of aryl methyl sites for hydroxylation is 1. The quantitative estimate of drug-likeness (QED) is 0.747. The van der Waals surface area contributed by atoms with Gasteiger partial charge in [-0.1, -0.05) is 30.3 Å². The minimum atomic E-state index is -0.526. The first-order chi connectivity index (χ1) is 15.1. The largest absolute Gasteiger partial charge is 0.427 e. The molecule has 1 unspecified atom stereocenters. The van der Waals surface area contributed by atoms with Crippen LogP contribution in [-0.2, 0) is 0 Å². The Labute approximate surface area is 184 Å². The Hall–Kier alpha value is -2.44. The van der Waals surface area contributed by atoms with Gasteiger partial charge in [-0.25, -0.2) is 4.79 Å². The second-order valence-corrected chi connectivity index (χ2v) is 8.82. The lowest BCUT2D eigenvalue weighted by molar-refractivity contribution is 0.0940. The molecule has 4 rings (SSSR count). The number of likely N-dealkylation sites (tertiary alicyclic amines) is 1. The van der Waals surface area contributed by atoms with E-state index in [1.54, 1.807) is 0 Å². The summed E-state index contributed by atoms with van der Waals surface area (Å²) in [7, 11) is 0. The predicted molar refractivity (Wildman–Crippen MR) is 122 cm³/mol. The molecule has 1 atom stereocenters. The van der Waals surface area contributed by atoms with Crippen molar-refractivity contribution in [3.05, 3.63) is 69.3 Å². The van der Waals surface area contributed by atoms with E-state index in [-0.39, 0.29) is 17.4 Å². The van der Waals surface area contributed by atoms with Crippen molar-refractivity contribution in [1.29, 1.82) is 0 Å². The third kappa shape index (κ3) is 5.43. The van der Waals surface area contributed by atoms with E-state index in [4.69, 9.17) is 4.42 Å². The minimum absolute atomic E-state index is 0.135. The standard InChI is InChI=1S/C25H33N3O3/c1-18-16-22(21-8-5-11-26-17-21)31-25(30)23(18)24(29)27-12-15-28-13-9-20(10-14-28)19-6-3-2-4-7-19/h2-4,6-7,16,20-21,26H,5,8-15,17H2,1H3,(H,27,29). The Balaban J connectivity index is 1.27. The van der Waals surface area contributed by atoms with E-state index in [1.165, 1.54) is 5.56 Å². The van der Waals surface area contributed by atoms with Gasteiger partial charge in [-0.3, -0.25) is 4.79 Å². The number of rotatable bonds is 6. The van der Waals surface area contributed by atoms with Crippen molar-refractivity contribution in [2.75, 3.05) is 39.3 Å². The predicted octanol–water partition coefficient (Wildman–Crippen LogP) is 3.02. The van der Waals surface area contributed by atoms with Gasteiger partial charge < -0.3 is 20.0 Å². The van der Waals surface area contributed by atoms with E-state index >= 15 is 0 Å². The summed E-state index contributed by atoms with van der Waals surface area (Å²) in [6, 6.07) is 12.6. The van der Waals surface area contributed by atoms with Gasteiger partial charge in [0.25, 0.3) is 5.91 Å². The number of benzene rings is 1. The molecule has 166 valence electrons. The summed E-state index contributed by atoms with van der Waals surface area (Å²) in [4.78, 5) is 27.6. The normalized spacial score (nSPS) is 20.5. The molecule has 2 saturated heterocycles. The first-order valence-electron chi connectivity index (χ1n) is 11.5. The molecular formula is C25H33N3O3. The molecule has 2 fully saturated rings. The Kier molecular flexibility index (Phi) is 7.20. The molecule has 0 bridgehead atoms. The molecule has 0 saturated carbocycles. The molecule has 1 aromatic heterocycles. The van der Waals surface area contributed by atoms with Crippen LogP contribution in [0.15, 0.2) is 45.6 Å². The molecular weight excluding hydrogens is 390 g/mol. The fourth-order valence-electron chi connectivity index (χ4n) is 4.83. The molecule has 0 radical (unpaired) electrons. The maximum atomic E-state index is 12.7. The number of hydrogen-bond donors (Lipinski definition) is 2. The van der Waals surface area contributed by atoms with E-state index in [0.29, 0.717) is 23.8 Å². The smallest absolute Gasteiger partial charge is 0.349 e. The monoisotopic (exact) mass is 423 g/mol. The van der Waals surface area contributed by atoms with Gasteiger partial charge in [-0.15, -0.1) is 0 Å². The third-order valence-corrected chi connectivity index (χ3v) is 6.67. The molecule has 6 heteroatoms. The first kappa shape index (κ1) is 21.8. The molecule has 1 aromatic carbocycles. The molecule has 0 spiro atoms. The van der Waals surface area contributed by atoms with Gasteiger partial charge in [-0.05, 0) is 75.4 Å². The topological polar surface area (TPSA) is 74.6 Å². The van der Waals surface area contributed by atoms with Gasteiger partial charge in [0.05, 0.1) is 0 Å². The lowest BCUT2D eigenvalue weighted by Gasteiger charge is -2.32. The number of carbonyl (C=O) groups excluding carboxylic acids is 1. The lowest BCUT2D eigenvalue weighted by atomic mass is 9.89. The van der Waals surface area contributed by atoms with Crippen molar-refractivity contribution in [2.45, 2.75) is 44.4 Å². The van der Waals surface area contributed by atoms with Crippen molar-refractivity contribution >= 4 is 5.91 Å². The number of nitrogens with zero attached hydrogens (tertiary/aromatic N) is 1. The molecule has 3 heterocycles. The van der Waals surface area contributed by atoms with Crippen LogP contribution in [0.4, 0.5) is 0 Å². The van der Waals surface area contributed by atoms with Gasteiger partial charge in [0, 0.05) is 25.6 Å². The van der Waals surface area contributed by atoms with Gasteiger partial charge in [0.15, 0.2) is 0 Å². The van der Waals surface area contributed by atoms with Gasteiger partial charge in [0.1, 0.15) is 11.3 Å². The highest BCUT2D eigenvalue weighted by atomic mass is 16.4. The summed E-state index contributed by atoms with van der Waals surface area (Å²) in [6.07, 6.45) is 4.34. The molecule has 2 aliphatic rings. The zero-order valence-electron chi connectivity index (χ0n) is 18.4.